The number of thiophene rings is 1. The largest absolute Gasteiger partial charge is 0.456 e. The highest BCUT2D eigenvalue weighted by Crippen LogP contribution is 2.48. The van der Waals surface area contributed by atoms with Gasteiger partial charge in [-0.1, -0.05) is 66.7 Å². The van der Waals surface area contributed by atoms with E-state index in [0.717, 1.165) is 55.2 Å². The summed E-state index contributed by atoms with van der Waals surface area (Å²) in [4.78, 5) is 5.11. The van der Waals surface area contributed by atoms with Gasteiger partial charge < -0.3 is 13.2 Å². The maximum atomic E-state index is 6.74. The first-order valence-electron chi connectivity index (χ1n) is 16.5. The molecule has 0 bridgehead atoms. The third kappa shape index (κ3) is 2.88. The Hall–Kier alpha value is -6.37. The monoisotopic (exact) mass is 643 g/mol. The predicted molar refractivity (Wildman–Crippen MR) is 202 cm³/mol. The molecule has 0 fully saturated rings. The molecule has 0 unspecified atom stereocenters. The number of nitrogens with zero attached hydrogens (tertiary/aromatic N) is 3. The van der Waals surface area contributed by atoms with Crippen molar-refractivity contribution in [2.24, 2.45) is 0 Å². The van der Waals surface area contributed by atoms with Gasteiger partial charge in [0.05, 0.1) is 33.0 Å². The van der Waals surface area contributed by atoms with E-state index in [9.17, 15) is 0 Å². The lowest BCUT2D eigenvalue weighted by Crippen LogP contribution is -1.94. The fourth-order valence-corrected chi connectivity index (χ4v) is 9.96. The van der Waals surface area contributed by atoms with Crippen LogP contribution in [-0.2, 0) is 0 Å². The highest BCUT2D eigenvalue weighted by Gasteiger charge is 2.27. The second kappa shape index (κ2) is 8.37. The number of para-hydroxylation sites is 1. The van der Waals surface area contributed by atoms with Crippen molar-refractivity contribution in [1.82, 2.24) is 14.0 Å². The van der Waals surface area contributed by atoms with Crippen LogP contribution in [0, 0.1) is 0 Å². The van der Waals surface area contributed by atoms with Crippen LogP contribution in [0.2, 0.25) is 0 Å². The number of fused-ring (bicyclic) bond motifs is 8. The minimum absolute atomic E-state index is 0.555. The van der Waals surface area contributed by atoms with Crippen LogP contribution < -0.4 is 0 Å². The van der Waals surface area contributed by atoms with Gasteiger partial charge in [0.15, 0.2) is 5.58 Å². The number of hydrogen-bond donors (Lipinski definition) is 0. The normalized spacial score (nSPS) is 12.9. The fraction of sp³-hybridized carbons (Fsp3) is 0. The number of rotatable bonds is 2. The highest BCUT2D eigenvalue weighted by atomic mass is 32.1. The first kappa shape index (κ1) is 24.8. The van der Waals surface area contributed by atoms with Crippen molar-refractivity contribution in [3.05, 3.63) is 127 Å². The fourth-order valence-electron chi connectivity index (χ4n) is 8.72. The van der Waals surface area contributed by atoms with Crippen molar-refractivity contribution in [1.29, 1.82) is 0 Å². The van der Waals surface area contributed by atoms with Gasteiger partial charge in [0.25, 0.3) is 0 Å². The van der Waals surface area contributed by atoms with Crippen LogP contribution in [0.3, 0.4) is 0 Å². The molecule has 5 nitrogen and oxygen atoms in total. The molecule has 13 rings (SSSR count). The Kier molecular flexibility index (Phi) is 4.23. The number of hydrogen-bond acceptors (Lipinski definition) is 4. The molecule has 13 aromatic rings. The maximum absolute atomic E-state index is 6.74. The summed E-state index contributed by atoms with van der Waals surface area (Å²) in [5.41, 5.74) is 11.3. The lowest BCUT2D eigenvalue weighted by atomic mass is 10.0. The minimum atomic E-state index is 0.555. The van der Waals surface area contributed by atoms with Crippen LogP contribution in [0.25, 0.3) is 119 Å². The van der Waals surface area contributed by atoms with E-state index in [1.165, 1.54) is 58.3 Å². The van der Waals surface area contributed by atoms with E-state index in [-0.39, 0.29) is 0 Å². The van der Waals surface area contributed by atoms with E-state index in [1.54, 1.807) is 0 Å². The van der Waals surface area contributed by atoms with Crippen molar-refractivity contribution in [3.8, 4) is 17.1 Å². The molecule has 7 aromatic carbocycles. The minimum Gasteiger partial charge on any atom is -0.456 e. The Morgan fingerprint density at radius 2 is 1.29 bits per heavy atom. The van der Waals surface area contributed by atoms with Gasteiger partial charge in [-0.15, -0.1) is 11.3 Å². The molecule has 0 amide bonds. The highest BCUT2D eigenvalue weighted by molar-refractivity contribution is 7.26. The van der Waals surface area contributed by atoms with Gasteiger partial charge in [0, 0.05) is 47.1 Å². The average molecular weight is 644 g/mol. The molecule has 6 aromatic heterocycles. The smallest absolute Gasteiger partial charge is 0.307 e. The molecular formula is C43H21N3O2S. The van der Waals surface area contributed by atoms with E-state index in [2.05, 4.69) is 136 Å². The first-order chi connectivity index (χ1) is 24.3. The molecule has 0 N–H and O–H groups in total. The molecule has 0 saturated heterocycles. The number of aromatic nitrogens is 3. The van der Waals surface area contributed by atoms with E-state index in [0.29, 0.717) is 6.01 Å². The Morgan fingerprint density at radius 3 is 2.27 bits per heavy atom. The summed E-state index contributed by atoms with van der Waals surface area (Å²) in [7, 11) is 0. The lowest BCUT2D eigenvalue weighted by molar-refractivity contribution is 0.574. The molecule has 226 valence electrons. The van der Waals surface area contributed by atoms with Crippen molar-refractivity contribution >= 4 is 114 Å². The number of furan rings is 1. The quantitative estimate of drug-likeness (QED) is 0.188. The topological polar surface area (TPSA) is 48.5 Å². The maximum Gasteiger partial charge on any atom is 0.307 e. The van der Waals surface area contributed by atoms with Gasteiger partial charge in [-0.3, -0.25) is 4.57 Å². The molecule has 0 radical (unpaired) electrons. The van der Waals surface area contributed by atoms with Crippen LogP contribution in [0.4, 0.5) is 0 Å². The summed E-state index contributed by atoms with van der Waals surface area (Å²) in [6.07, 6.45) is 0. The summed E-state index contributed by atoms with van der Waals surface area (Å²) < 4.78 is 20.5. The third-order valence-corrected chi connectivity index (χ3v) is 11.9. The molecule has 0 atom stereocenters. The lowest BCUT2D eigenvalue weighted by Gasteiger charge is -2.04. The number of benzene rings is 7. The van der Waals surface area contributed by atoms with Crippen LogP contribution in [-0.4, -0.2) is 14.0 Å². The second-order valence-corrected chi connectivity index (χ2v) is 14.1. The van der Waals surface area contributed by atoms with Crippen LogP contribution in [0.15, 0.2) is 136 Å². The van der Waals surface area contributed by atoms with Gasteiger partial charge in [-0.05, 0) is 71.8 Å². The van der Waals surface area contributed by atoms with Gasteiger partial charge >= 0.3 is 6.01 Å². The Morgan fingerprint density at radius 1 is 0.510 bits per heavy atom. The van der Waals surface area contributed by atoms with Crippen LogP contribution in [0.5, 0.6) is 0 Å². The predicted octanol–water partition coefficient (Wildman–Crippen LogP) is 12.3. The summed E-state index contributed by atoms with van der Waals surface area (Å²) in [6.45, 7) is 0. The Labute approximate surface area is 280 Å². The van der Waals surface area contributed by atoms with Gasteiger partial charge in [0.1, 0.15) is 16.7 Å². The van der Waals surface area contributed by atoms with E-state index in [1.807, 2.05) is 11.3 Å². The molecule has 0 saturated carbocycles. The van der Waals surface area contributed by atoms with Crippen LogP contribution in [0.1, 0.15) is 0 Å². The Bertz CT molecular complexity index is 3520. The van der Waals surface area contributed by atoms with Crippen molar-refractivity contribution < 1.29 is 8.83 Å². The summed E-state index contributed by atoms with van der Waals surface area (Å²) in [5, 5.41) is 9.69. The van der Waals surface area contributed by atoms with Gasteiger partial charge in [-0.25, -0.2) is 0 Å². The summed E-state index contributed by atoms with van der Waals surface area (Å²) >= 11 is 1.84. The average Bonchev–Trinajstić information content (AvgIpc) is 3.93. The first-order valence-corrected chi connectivity index (χ1v) is 17.3. The third-order valence-electron chi connectivity index (χ3n) is 10.7. The molecule has 0 spiro atoms. The van der Waals surface area contributed by atoms with Crippen molar-refractivity contribution in [2.45, 2.75) is 0 Å². The van der Waals surface area contributed by atoms with E-state index < -0.39 is 0 Å². The second-order valence-electron chi connectivity index (χ2n) is 13.1. The molecule has 0 aliphatic heterocycles. The molecule has 0 aliphatic carbocycles. The van der Waals surface area contributed by atoms with E-state index in [4.69, 9.17) is 13.8 Å². The molecule has 6 heteroatoms. The molecule has 6 heterocycles. The van der Waals surface area contributed by atoms with Crippen LogP contribution >= 0.6 is 11.3 Å². The van der Waals surface area contributed by atoms with Gasteiger partial charge in [0.2, 0.25) is 0 Å². The van der Waals surface area contributed by atoms with Gasteiger partial charge in [-0.2, -0.15) is 4.98 Å². The molecule has 0 aliphatic rings. The van der Waals surface area contributed by atoms with E-state index >= 15 is 0 Å². The summed E-state index contributed by atoms with van der Waals surface area (Å²) in [6, 6.07) is 46.0. The molecule has 49 heavy (non-hydrogen) atoms. The number of oxazole rings is 1. The van der Waals surface area contributed by atoms with Crippen molar-refractivity contribution in [2.75, 3.05) is 0 Å². The standard InChI is InChI=1S/C43H21N3O2S/c1-3-11-29-24(7-1)26-16-19-34-40-39-33(47-34)20-18-32-38(39)37-30(45(29)41(26)40)12-6-13-31(37)46(32)43-44-28-17-15-22(21-35(28)48-43)23-9-5-10-27-25-8-2-4-14-36(25)49-42(23)27/h1-21H. The zero-order chi connectivity index (χ0) is 31.5. The SMILES string of the molecule is c1ccc2c(c1)sc1c(-c3ccc4nc(-n5c6ccc7oc8ccc9c%10ccccc%10n%10c%11cccc5c%11c6c7c8c9%10)oc4c3)cccc12. The Balaban J connectivity index is 1.12. The zero-order valence-electron chi connectivity index (χ0n) is 25.7. The molecular weight excluding hydrogens is 623 g/mol. The zero-order valence-corrected chi connectivity index (χ0v) is 26.5. The summed E-state index contributed by atoms with van der Waals surface area (Å²) in [5.74, 6) is 0. The van der Waals surface area contributed by atoms with Crippen molar-refractivity contribution in [3.63, 3.8) is 0 Å².